The van der Waals surface area contributed by atoms with Crippen LogP contribution >= 0.6 is 23.2 Å². The number of hydrogen-bond acceptors (Lipinski definition) is 5. The highest BCUT2D eigenvalue weighted by Gasteiger charge is 2.15. The van der Waals surface area contributed by atoms with E-state index in [0.29, 0.717) is 5.02 Å². The second-order valence-electron chi connectivity index (χ2n) is 4.75. The summed E-state index contributed by atoms with van der Waals surface area (Å²) in [6, 6.07) is 9.84. The fraction of sp³-hybridized carbons (Fsp3) is 0.0625. The van der Waals surface area contributed by atoms with E-state index in [-0.39, 0.29) is 21.9 Å². The van der Waals surface area contributed by atoms with Crippen molar-refractivity contribution in [2.75, 3.05) is 6.61 Å². The number of esters is 1. The van der Waals surface area contributed by atoms with Crippen LogP contribution in [0, 0.1) is 0 Å². The van der Waals surface area contributed by atoms with Crippen LogP contribution in [-0.2, 0) is 9.53 Å². The van der Waals surface area contributed by atoms with Crippen LogP contribution in [0.15, 0.2) is 42.5 Å². The molecule has 130 valence electrons. The first-order chi connectivity index (χ1) is 11.9. The Kier molecular flexibility index (Phi) is 6.21. The highest BCUT2D eigenvalue weighted by molar-refractivity contribution is 6.31. The summed E-state index contributed by atoms with van der Waals surface area (Å²) in [5.41, 5.74) is 4.40. The smallest absolute Gasteiger partial charge is 0.342 e. The summed E-state index contributed by atoms with van der Waals surface area (Å²) in [5.74, 6) is -2.60. The predicted molar refractivity (Wildman–Crippen MR) is 90.5 cm³/mol. The van der Waals surface area contributed by atoms with Crippen molar-refractivity contribution < 1.29 is 24.2 Å². The van der Waals surface area contributed by atoms with Gasteiger partial charge in [0.05, 0.1) is 0 Å². The molecule has 0 spiro atoms. The van der Waals surface area contributed by atoms with Gasteiger partial charge in [-0.2, -0.15) is 0 Å². The lowest BCUT2D eigenvalue weighted by Gasteiger charge is -2.09. The lowest BCUT2D eigenvalue weighted by atomic mass is 10.2. The second kappa shape index (κ2) is 8.36. The van der Waals surface area contributed by atoms with Gasteiger partial charge in [-0.15, -0.1) is 0 Å². The molecule has 25 heavy (non-hydrogen) atoms. The first kappa shape index (κ1) is 18.6. The molecule has 0 aromatic heterocycles. The summed E-state index contributed by atoms with van der Waals surface area (Å²) in [6.45, 7) is -0.651. The van der Waals surface area contributed by atoms with Crippen LogP contribution in [0.4, 0.5) is 0 Å². The van der Waals surface area contributed by atoms with E-state index in [1.165, 1.54) is 42.5 Å². The maximum Gasteiger partial charge on any atom is 0.342 e. The van der Waals surface area contributed by atoms with Gasteiger partial charge in [0.2, 0.25) is 0 Å². The number of carbonyl (C=O) groups is 3. The van der Waals surface area contributed by atoms with Gasteiger partial charge in [0.15, 0.2) is 6.61 Å². The van der Waals surface area contributed by atoms with Gasteiger partial charge in [0.1, 0.15) is 11.3 Å². The number of amides is 2. The molecule has 0 aliphatic rings. The van der Waals surface area contributed by atoms with Crippen molar-refractivity contribution in [1.29, 1.82) is 0 Å². The molecule has 0 heterocycles. The number of hydrogen-bond donors (Lipinski definition) is 3. The quantitative estimate of drug-likeness (QED) is 0.555. The maximum absolute atomic E-state index is 11.8. The molecule has 0 aliphatic heterocycles. The summed E-state index contributed by atoms with van der Waals surface area (Å²) < 4.78 is 4.74. The first-order valence-corrected chi connectivity index (χ1v) is 7.63. The van der Waals surface area contributed by atoms with Crippen molar-refractivity contribution in [2.45, 2.75) is 0 Å². The van der Waals surface area contributed by atoms with E-state index in [1.54, 1.807) is 0 Å². The Labute approximate surface area is 152 Å². The summed E-state index contributed by atoms with van der Waals surface area (Å²) in [4.78, 5) is 35.1. The molecule has 3 N–H and O–H groups in total. The average molecular weight is 383 g/mol. The third-order valence-electron chi connectivity index (χ3n) is 2.94. The minimum absolute atomic E-state index is 0.137. The SMILES string of the molecule is O=C(COC(=O)c1ccc(Cl)cc1O)NNC(=O)c1ccc(Cl)cc1. The van der Waals surface area contributed by atoms with Crippen molar-refractivity contribution in [3.63, 3.8) is 0 Å². The molecule has 9 heteroatoms. The van der Waals surface area contributed by atoms with Gasteiger partial charge in [-0.25, -0.2) is 4.79 Å². The lowest BCUT2D eigenvalue weighted by Crippen LogP contribution is -2.43. The topological polar surface area (TPSA) is 105 Å². The monoisotopic (exact) mass is 382 g/mol. The van der Waals surface area contributed by atoms with Crippen LogP contribution in [0.1, 0.15) is 20.7 Å². The van der Waals surface area contributed by atoms with Gasteiger partial charge in [-0.1, -0.05) is 23.2 Å². The number of aromatic hydroxyl groups is 1. The Balaban J connectivity index is 1.81. The van der Waals surface area contributed by atoms with Crippen molar-refractivity contribution in [1.82, 2.24) is 10.9 Å². The molecular weight excluding hydrogens is 371 g/mol. The minimum atomic E-state index is -0.909. The van der Waals surface area contributed by atoms with E-state index < -0.39 is 24.4 Å². The molecule has 0 bridgehead atoms. The summed E-state index contributed by atoms with van der Waals surface area (Å²) in [6.07, 6.45) is 0. The number of ether oxygens (including phenoxy) is 1. The van der Waals surface area contributed by atoms with Gasteiger partial charge in [-0.05, 0) is 42.5 Å². The van der Waals surface area contributed by atoms with Gasteiger partial charge < -0.3 is 9.84 Å². The first-order valence-electron chi connectivity index (χ1n) is 6.87. The van der Waals surface area contributed by atoms with Crippen LogP contribution in [0.3, 0.4) is 0 Å². The number of phenolic OH excluding ortho intramolecular Hbond substituents is 1. The van der Waals surface area contributed by atoms with E-state index in [0.717, 1.165) is 0 Å². The summed E-state index contributed by atoms with van der Waals surface area (Å²) in [5, 5.41) is 10.3. The van der Waals surface area contributed by atoms with Crippen LogP contribution in [-0.4, -0.2) is 29.5 Å². The Morgan fingerprint density at radius 1 is 0.960 bits per heavy atom. The maximum atomic E-state index is 11.8. The highest BCUT2D eigenvalue weighted by atomic mass is 35.5. The zero-order valence-electron chi connectivity index (χ0n) is 12.6. The molecule has 0 radical (unpaired) electrons. The van der Waals surface area contributed by atoms with Crippen molar-refractivity contribution in [2.24, 2.45) is 0 Å². The molecular formula is C16H12Cl2N2O5. The van der Waals surface area contributed by atoms with Crippen LogP contribution < -0.4 is 10.9 Å². The zero-order valence-corrected chi connectivity index (χ0v) is 14.1. The van der Waals surface area contributed by atoms with E-state index in [1.807, 2.05) is 0 Å². The molecule has 2 amide bonds. The van der Waals surface area contributed by atoms with Crippen molar-refractivity contribution in [3.8, 4) is 5.75 Å². The van der Waals surface area contributed by atoms with Crippen LogP contribution in [0.25, 0.3) is 0 Å². The molecule has 2 aromatic rings. The fourth-order valence-corrected chi connectivity index (χ4v) is 2.01. The summed E-state index contributed by atoms with van der Waals surface area (Å²) in [7, 11) is 0. The summed E-state index contributed by atoms with van der Waals surface area (Å²) >= 11 is 11.4. The predicted octanol–water partition coefficient (Wildman–Crippen LogP) is 2.32. The Morgan fingerprint density at radius 3 is 2.24 bits per heavy atom. The third-order valence-corrected chi connectivity index (χ3v) is 3.42. The standard InChI is InChI=1S/C16H12Cl2N2O5/c17-10-3-1-9(2-4-10)15(23)20-19-14(22)8-25-16(24)12-6-5-11(18)7-13(12)21/h1-7,21H,8H2,(H,19,22)(H,20,23). The molecule has 0 saturated carbocycles. The molecule has 0 unspecified atom stereocenters. The van der Waals surface area contributed by atoms with Gasteiger partial charge in [-0.3, -0.25) is 20.4 Å². The lowest BCUT2D eigenvalue weighted by molar-refractivity contribution is -0.125. The Morgan fingerprint density at radius 2 is 1.60 bits per heavy atom. The largest absolute Gasteiger partial charge is 0.507 e. The van der Waals surface area contributed by atoms with Gasteiger partial charge in [0.25, 0.3) is 11.8 Å². The number of phenols is 1. The van der Waals surface area contributed by atoms with E-state index in [2.05, 4.69) is 10.9 Å². The number of carbonyl (C=O) groups excluding carboxylic acids is 3. The number of halogens is 2. The van der Waals surface area contributed by atoms with Gasteiger partial charge >= 0.3 is 5.97 Å². The molecule has 2 aromatic carbocycles. The van der Waals surface area contributed by atoms with Crippen molar-refractivity contribution >= 4 is 41.0 Å². The molecule has 0 fully saturated rings. The molecule has 0 aliphatic carbocycles. The van der Waals surface area contributed by atoms with Gasteiger partial charge in [0, 0.05) is 15.6 Å². The Hall–Kier alpha value is -2.77. The normalized spacial score (nSPS) is 10.0. The molecule has 0 atom stereocenters. The molecule has 2 rings (SSSR count). The van der Waals surface area contributed by atoms with Crippen LogP contribution in [0.5, 0.6) is 5.75 Å². The fourth-order valence-electron chi connectivity index (χ4n) is 1.72. The zero-order chi connectivity index (χ0) is 18.4. The number of rotatable bonds is 4. The van der Waals surface area contributed by atoms with Crippen molar-refractivity contribution in [3.05, 3.63) is 63.6 Å². The number of benzene rings is 2. The minimum Gasteiger partial charge on any atom is -0.507 e. The highest BCUT2D eigenvalue weighted by Crippen LogP contribution is 2.22. The molecule has 0 saturated heterocycles. The van der Waals surface area contributed by atoms with E-state index >= 15 is 0 Å². The number of nitrogens with one attached hydrogen (secondary N) is 2. The second-order valence-corrected chi connectivity index (χ2v) is 5.62. The number of hydrazine groups is 1. The van der Waals surface area contributed by atoms with E-state index in [9.17, 15) is 19.5 Å². The van der Waals surface area contributed by atoms with Crippen LogP contribution in [0.2, 0.25) is 10.0 Å². The molecule has 7 nitrogen and oxygen atoms in total. The Bertz CT molecular complexity index is 809. The van der Waals surface area contributed by atoms with E-state index in [4.69, 9.17) is 27.9 Å². The average Bonchev–Trinajstić information content (AvgIpc) is 2.58. The third kappa shape index (κ3) is 5.37.